The van der Waals surface area contributed by atoms with E-state index in [1.165, 1.54) is 0 Å². The second-order valence-corrected chi connectivity index (χ2v) is 7.56. The van der Waals surface area contributed by atoms with Crippen LogP contribution in [-0.4, -0.2) is 55.4 Å². The number of Topliss-reactive ketones (excluding diaryl/α,β-unsaturated/α-hetero) is 1. The molecule has 4 rings (SSSR count). The van der Waals surface area contributed by atoms with Gasteiger partial charge in [-0.2, -0.15) is 0 Å². The van der Waals surface area contributed by atoms with Crippen molar-refractivity contribution in [3.63, 3.8) is 0 Å². The lowest BCUT2D eigenvalue weighted by atomic mass is 10.1. The SMILES string of the molecule is CN1CCN(CC(=O)c2ccc(N(c3ccccc3)c3ccccc3)cc2)CC1. The van der Waals surface area contributed by atoms with Gasteiger partial charge in [0, 0.05) is 48.8 Å². The molecule has 4 heteroatoms. The van der Waals surface area contributed by atoms with Gasteiger partial charge in [0.2, 0.25) is 0 Å². The van der Waals surface area contributed by atoms with E-state index in [9.17, 15) is 4.79 Å². The number of ketones is 1. The second-order valence-electron chi connectivity index (χ2n) is 7.56. The van der Waals surface area contributed by atoms with E-state index in [4.69, 9.17) is 0 Å². The summed E-state index contributed by atoms with van der Waals surface area (Å²) in [5.41, 5.74) is 4.00. The minimum absolute atomic E-state index is 0.187. The maximum absolute atomic E-state index is 12.7. The first-order valence-electron chi connectivity index (χ1n) is 10.1. The number of piperazine rings is 1. The highest BCUT2D eigenvalue weighted by Gasteiger charge is 2.18. The maximum Gasteiger partial charge on any atom is 0.176 e. The molecule has 1 fully saturated rings. The van der Waals surface area contributed by atoms with Gasteiger partial charge in [0.05, 0.1) is 6.54 Å². The summed E-state index contributed by atoms with van der Waals surface area (Å²) in [7, 11) is 2.13. The summed E-state index contributed by atoms with van der Waals surface area (Å²) in [6, 6.07) is 28.6. The molecule has 0 amide bonds. The Morgan fingerprint density at radius 3 is 1.72 bits per heavy atom. The number of para-hydroxylation sites is 2. The van der Waals surface area contributed by atoms with E-state index in [2.05, 4.69) is 46.0 Å². The molecule has 0 aliphatic carbocycles. The molecule has 1 heterocycles. The fourth-order valence-electron chi connectivity index (χ4n) is 3.70. The standard InChI is InChI=1S/C25H27N3O/c1-26-16-18-27(19-17-26)20-25(29)21-12-14-24(15-13-21)28(22-8-4-2-5-9-22)23-10-6-3-7-11-23/h2-15H,16-20H2,1H3. The van der Waals surface area contributed by atoms with Crippen LogP contribution in [0.4, 0.5) is 17.1 Å². The second kappa shape index (κ2) is 9.03. The van der Waals surface area contributed by atoms with E-state index in [1.807, 2.05) is 60.7 Å². The predicted octanol–water partition coefficient (Wildman–Crippen LogP) is 4.59. The molecule has 4 nitrogen and oxygen atoms in total. The van der Waals surface area contributed by atoms with Crippen molar-refractivity contribution >= 4 is 22.8 Å². The van der Waals surface area contributed by atoms with Crippen molar-refractivity contribution < 1.29 is 4.79 Å². The van der Waals surface area contributed by atoms with Gasteiger partial charge in [-0.3, -0.25) is 9.69 Å². The molecular formula is C25H27N3O. The van der Waals surface area contributed by atoms with Crippen LogP contribution in [0.3, 0.4) is 0 Å². The molecule has 3 aromatic rings. The zero-order valence-electron chi connectivity index (χ0n) is 16.9. The first-order chi connectivity index (χ1) is 14.2. The van der Waals surface area contributed by atoms with E-state index in [0.717, 1.165) is 48.8 Å². The monoisotopic (exact) mass is 385 g/mol. The van der Waals surface area contributed by atoms with Crippen LogP contribution in [0.1, 0.15) is 10.4 Å². The third-order valence-electron chi connectivity index (χ3n) is 5.44. The van der Waals surface area contributed by atoms with Gasteiger partial charge in [-0.1, -0.05) is 36.4 Å². The summed E-state index contributed by atoms with van der Waals surface area (Å²) in [5, 5.41) is 0. The Morgan fingerprint density at radius 1 is 0.724 bits per heavy atom. The van der Waals surface area contributed by atoms with Crippen molar-refractivity contribution in [1.29, 1.82) is 0 Å². The minimum atomic E-state index is 0.187. The molecule has 0 atom stereocenters. The molecule has 1 saturated heterocycles. The summed E-state index contributed by atoms with van der Waals surface area (Å²) in [4.78, 5) is 19.5. The average Bonchev–Trinajstić information content (AvgIpc) is 2.77. The van der Waals surface area contributed by atoms with Crippen molar-refractivity contribution in [3.05, 3.63) is 90.5 Å². The van der Waals surface area contributed by atoms with Gasteiger partial charge in [0.25, 0.3) is 0 Å². The Labute approximate surface area is 173 Å². The van der Waals surface area contributed by atoms with Crippen LogP contribution < -0.4 is 4.90 Å². The Balaban J connectivity index is 1.54. The first-order valence-corrected chi connectivity index (χ1v) is 10.1. The van der Waals surface area contributed by atoms with Crippen molar-refractivity contribution in [1.82, 2.24) is 9.80 Å². The number of benzene rings is 3. The van der Waals surface area contributed by atoms with Crippen LogP contribution in [0.5, 0.6) is 0 Å². The zero-order valence-corrected chi connectivity index (χ0v) is 16.9. The molecule has 0 bridgehead atoms. The van der Waals surface area contributed by atoms with Crippen LogP contribution in [0.25, 0.3) is 0 Å². The van der Waals surface area contributed by atoms with Gasteiger partial charge in [0.1, 0.15) is 0 Å². The van der Waals surface area contributed by atoms with Gasteiger partial charge in [-0.15, -0.1) is 0 Å². The number of rotatable bonds is 6. The van der Waals surface area contributed by atoms with Crippen LogP contribution in [-0.2, 0) is 0 Å². The highest BCUT2D eigenvalue weighted by atomic mass is 16.1. The topological polar surface area (TPSA) is 26.8 Å². The molecule has 0 aromatic heterocycles. The minimum Gasteiger partial charge on any atom is -0.311 e. The lowest BCUT2D eigenvalue weighted by Crippen LogP contribution is -2.46. The summed E-state index contributed by atoms with van der Waals surface area (Å²) in [6.45, 7) is 4.45. The quantitative estimate of drug-likeness (QED) is 0.580. The van der Waals surface area contributed by atoms with E-state index in [1.54, 1.807) is 0 Å². The average molecular weight is 386 g/mol. The van der Waals surface area contributed by atoms with Crippen molar-refractivity contribution in [2.45, 2.75) is 0 Å². The molecule has 0 radical (unpaired) electrons. The van der Waals surface area contributed by atoms with Crippen LogP contribution >= 0.6 is 0 Å². The van der Waals surface area contributed by atoms with Gasteiger partial charge < -0.3 is 9.80 Å². The predicted molar refractivity (Wildman–Crippen MR) is 119 cm³/mol. The third kappa shape index (κ3) is 4.73. The largest absolute Gasteiger partial charge is 0.311 e. The fourth-order valence-corrected chi connectivity index (χ4v) is 3.70. The number of carbonyl (C=O) groups excluding carboxylic acids is 1. The lowest BCUT2D eigenvalue weighted by Gasteiger charge is -2.31. The normalized spacial score (nSPS) is 15.2. The Hall–Kier alpha value is -2.95. The van der Waals surface area contributed by atoms with Gasteiger partial charge >= 0.3 is 0 Å². The number of hydrogen-bond acceptors (Lipinski definition) is 4. The smallest absolute Gasteiger partial charge is 0.176 e. The highest BCUT2D eigenvalue weighted by molar-refractivity contribution is 5.98. The van der Waals surface area contributed by atoms with Crippen molar-refractivity contribution in [2.75, 3.05) is 44.7 Å². The van der Waals surface area contributed by atoms with Gasteiger partial charge in [-0.25, -0.2) is 0 Å². The zero-order chi connectivity index (χ0) is 20.1. The third-order valence-corrected chi connectivity index (χ3v) is 5.44. The molecular weight excluding hydrogens is 358 g/mol. The lowest BCUT2D eigenvalue weighted by molar-refractivity contribution is 0.0876. The molecule has 0 unspecified atom stereocenters. The molecule has 0 saturated carbocycles. The summed E-state index contributed by atoms with van der Waals surface area (Å²) in [6.07, 6.45) is 0. The van der Waals surface area contributed by atoms with Gasteiger partial charge in [-0.05, 0) is 55.6 Å². The number of carbonyl (C=O) groups is 1. The first kappa shape index (κ1) is 19.4. The van der Waals surface area contributed by atoms with E-state index >= 15 is 0 Å². The Kier molecular flexibility index (Phi) is 6.03. The van der Waals surface area contributed by atoms with Crippen LogP contribution in [0, 0.1) is 0 Å². The summed E-state index contributed by atoms with van der Waals surface area (Å²) >= 11 is 0. The summed E-state index contributed by atoms with van der Waals surface area (Å²) in [5.74, 6) is 0.187. The van der Waals surface area contributed by atoms with Crippen LogP contribution in [0.2, 0.25) is 0 Å². The van der Waals surface area contributed by atoms with Crippen molar-refractivity contribution in [2.24, 2.45) is 0 Å². The number of anilines is 3. The molecule has 0 N–H and O–H groups in total. The van der Waals surface area contributed by atoms with Crippen molar-refractivity contribution in [3.8, 4) is 0 Å². The van der Waals surface area contributed by atoms with Gasteiger partial charge in [0.15, 0.2) is 5.78 Å². The molecule has 1 aliphatic heterocycles. The number of likely N-dealkylation sites (N-methyl/N-ethyl adjacent to an activating group) is 1. The van der Waals surface area contributed by atoms with E-state index in [0.29, 0.717) is 6.54 Å². The molecule has 0 spiro atoms. The maximum atomic E-state index is 12.7. The van der Waals surface area contributed by atoms with E-state index in [-0.39, 0.29) is 5.78 Å². The van der Waals surface area contributed by atoms with Crippen LogP contribution in [0.15, 0.2) is 84.9 Å². The molecule has 3 aromatic carbocycles. The summed E-state index contributed by atoms with van der Waals surface area (Å²) < 4.78 is 0. The number of hydrogen-bond donors (Lipinski definition) is 0. The Bertz CT molecular complexity index is 878. The molecule has 1 aliphatic rings. The highest BCUT2D eigenvalue weighted by Crippen LogP contribution is 2.34. The Morgan fingerprint density at radius 2 is 1.21 bits per heavy atom. The van der Waals surface area contributed by atoms with E-state index < -0.39 is 0 Å². The fraction of sp³-hybridized carbons (Fsp3) is 0.240. The number of nitrogens with zero attached hydrogens (tertiary/aromatic N) is 3. The molecule has 148 valence electrons. The molecule has 29 heavy (non-hydrogen) atoms.